The van der Waals surface area contributed by atoms with Gasteiger partial charge < -0.3 is 15.2 Å². The van der Waals surface area contributed by atoms with E-state index < -0.39 is 11.9 Å². The first-order valence-electron chi connectivity index (χ1n) is 7.65. The summed E-state index contributed by atoms with van der Waals surface area (Å²) in [5.74, 6) is -1.55. The highest BCUT2D eigenvalue weighted by Crippen LogP contribution is 2.24. The number of aliphatic carboxylic acids is 1. The first kappa shape index (κ1) is 16.5. The number of nitrogens with one attached hydrogen (secondary N) is 1. The Labute approximate surface area is 130 Å². The molecule has 1 heterocycles. The molecular weight excluding hydrogens is 282 g/mol. The summed E-state index contributed by atoms with van der Waals surface area (Å²) in [6.07, 6.45) is 1.46. The van der Waals surface area contributed by atoms with E-state index in [4.69, 9.17) is 4.74 Å². The van der Waals surface area contributed by atoms with Crippen molar-refractivity contribution >= 4 is 11.9 Å². The molecule has 1 saturated heterocycles. The van der Waals surface area contributed by atoms with Gasteiger partial charge in [-0.1, -0.05) is 18.2 Å². The van der Waals surface area contributed by atoms with Crippen molar-refractivity contribution in [1.29, 1.82) is 0 Å². The third-order valence-electron chi connectivity index (χ3n) is 4.34. The third-order valence-corrected chi connectivity index (χ3v) is 4.34. The summed E-state index contributed by atoms with van der Waals surface area (Å²) < 4.78 is 5.28. The van der Waals surface area contributed by atoms with Crippen LogP contribution >= 0.6 is 0 Å². The highest BCUT2D eigenvalue weighted by molar-refractivity contribution is 5.97. The maximum Gasteiger partial charge on any atom is 0.308 e. The van der Waals surface area contributed by atoms with Crippen LogP contribution in [0.4, 0.5) is 0 Å². The van der Waals surface area contributed by atoms with Crippen molar-refractivity contribution in [2.45, 2.75) is 26.7 Å². The van der Waals surface area contributed by atoms with Gasteiger partial charge in [0.1, 0.15) is 0 Å². The molecule has 0 aromatic heterocycles. The van der Waals surface area contributed by atoms with Crippen molar-refractivity contribution in [3.63, 3.8) is 0 Å². The summed E-state index contributed by atoms with van der Waals surface area (Å²) in [5.41, 5.74) is 2.43. The highest BCUT2D eigenvalue weighted by atomic mass is 16.5. The Morgan fingerprint density at radius 3 is 2.41 bits per heavy atom. The number of carboxylic acids is 1. The molecule has 0 aliphatic carbocycles. The van der Waals surface area contributed by atoms with E-state index >= 15 is 0 Å². The molecule has 1 fully saturated rings. The molecule has 5 nitrogen and oxygen atoms in total. The van der Waals surface area contributed by atoms with Crippen molar-refractivity contribution in [1.82, 2.24) is 5.32 Å². The number of hydrogen-bond donors (Lipinski definition) is 2. The van der Waals surface area contributed by atoms with E-state index in [-0.39, 0.29) is 18.4 Å². The van der Waals surface area contributed by atoms with Crippen LogP contribution in [0.3, 0.4) is 0 Å². The van der Waals surface area contributed by atoms with Gasteiger partial charge in [0.15, 0.2) is 0 Å². The molecule has 120 valence electrons. The van der Waals surface area contributed by atoms with Crippen molar-refractivity contribution in [3.8, 4) is 0 Å². The van der Waals surface area contributed by atoms with Crippen LogP contribution < -0.4 is 5.32 Å². The minimum Gasteiger partial charge on any atom is -0.481 e. The van der Waals surface area contributed by atoms with E-state index in [1.807, 2.05) is 32.0 Å². The van der Waals surface area contributed by atoms with Crippen LogP contribution in [0, 0.1) is 25.7 Å². The lowest BCUT2D eigenvalue weighted by atomic mass is 9.86. The lowest BCUT2D eigenvalue weighted by Crippen LogP contribution is -2.39. The summed E-state index contributed by atoms with van der Waals surface area (Å²) in [6, 6.07) is 5.67. The largest absolute Gasteiger partial charge is 0.481 e. The molecule has 0 spiro atoms. The fourth-order valence-electron chi connectivity index (χ4n) is 3.04. The topological polar surface area (TPSA) is 75.6 Å². The zero-order chi connectivity index (χ0) is 16.1. The number of carboxylic acid groups (broad SMARTS) is 1. The van der Waals surface area contributed by atoms with Gasteiger partial charge in [0.2, 0.25) is 0 Å². The molecule has 1 aliphatic rings. The zero-order valence-corrected chi connectivity index (χ0v) is 13.1. The third kappa shape index (κ3) is 3.85. The molecule has 22 heavy (non-hydrogen) atoms. The number of hydrogen-bond acceptors (Lipinski definition) is 3. The average molecular weight is 305 g/mol. The van der Waals surface area contributed by atoms with Crippen molar-refractivity contribution in [2.75, 3.05) is 19.8 Å². The summed E-state index contributed by atoms with van der Waals surface area (Å²) in [4.78, 5) is 23.9. The fraction of sp³-hybridized carbons (Fsp3) is 0.529. The summed E-state index contributed by atoms with van der Waals surface area (Å²) >= 11 is 0. The van der Waals surface area contributed by atoms with Gasteiger partial charge in [-0.3, -0.25) is 9.59 Å². The smallest absolute Gasteiger partial charge is 0.308 e. The SMILES string of the molecule is Cc1cccc(C)c1C(=O)NCC(C(=O)O)C1CCOCC1. The number of amides is 1. The van der Waals surface area contributed by atoms with Crippen LogP contribution in [-0.2, 0) is 9.53 Å². The zero-order valence-electron chi connectivity index (χ0n) is 13.1. The van der Waals surface area contributed by atoms with E-state index in [1.165, 1.54) is 0 Å². The number of benzene rings is 1. The van der Waals surface area contributed by atoms with Crippen LogP contribution in [0.25, 0.3) is 0 Å². The molecule has 0 saturated carbocycles. The monoisotopic (exact) mass is 305 g/mol. The summed E-state index contributed by atoms with van der Waals surface area (Å²) in [6.45, 7) is 5.12. The van der Waals surface area contributed by atoms with Gasteiger partial charge in [0, 0.05) is 25.3 Å². The van der Waals surface area contributed by atoms with Crippen molar-refractivity contribution in [3.05, 3.63) is 34.9 Å². The Balaban J connectivity index is 2.03. The van der Waals surface area contributed by atoms with Gasteiger partial charge in [-0.05, 0) is 43.7 Å². The van der Waals surface area contributed by atoms with Gasteiger partial charge in [-0.15, -0.1) is 0 Å². The Hall–Kier alpha value is -1.88. The lowest BCUT2D eigenvalue weighted by Gasteiger charge is -2.27. The number of rotatable bonds is 5. The summed E-state index contributed by atoms with van der Waals surface area (Å²) in [5, 5.41) is 12.2. The predicted molar refractivity (Wildman–Crippen MR) is 82.9 cm³/mol. The predicted octanol–water partition coefficient (Wildman–Crippen LogP) is 2.16. The molecule has 1 unspecified atom stereocenters. The lowest BCUT2D eigenvalue weighted by molar-refractivity contribution is -0.144. The van der Waals surface area contributed by atoms with Gasteiger partial charge in [0.05, 0.1) is 5.92 Å². The maximum atomic E-state index is 12.4. The molecule has 0 radical (unpaired) electrons. The van der Waals surface area contributed by atoms with Crippen LogP contribution in [-0.4, -0.2) is 36.7 Å². The van der Waals surface area contributed by atoms with Gasteiger partial charge in [0.25, 0.3) is 5.91 Å². The molecule has 1 aliphatic heterocycles. The Morgan fingerprint density at radius 2 is 1.86 bits per heavy atom. The Morgan fingerprint density at radius 1 is 1.27 bits per heavy atom. The maximum absolute atomic E-state index is 12.4. The van der Waals surface area contributed by atoms with Crippen LogP contribution in [0.1, 0.15) is 34.3 Å². The van der Waals surface area contributed by atoms with E-state index in [1.54, 1.807) is 0 Å². The number of carbonyl (C=O) groups is 2. The van der Waals surface area contributed by atoms with E-state index in [0.717, 1.165) is 24.0 Å². The Bertz CT molecular complexity index is 529. The molecule has 2 rings (SSSR count). The quantitative estimate of drug-likeness (QED) is 0.874. The normalized spacial score (nSPS) is 17.0. The molecule has 2 N–H and O–H groups in total. The second-order valence-electron chi connectivity index (χ2n) is 5.87. The fourth-order valence-corrected chi connectivity index (χ4v) is 3.04. The van der Waals surface area contributed by atoms with E-state index in [2.05, 4.69) is 5.32 Å². The molecule has 0 bridgehead atoms. The van der Waals surface area contributed by atoms with Gasteiger partial charge in [-0.25, -0.2) is 0 Å². The van der Waals surface area contributed by atoms with E-state index in [9.17, 15) is 14.7 Å². The van der Waals surface area contributed by atoms with Gasteiger partial charge >= 0.3 is 5.97 Å². The number of ether oxygens (including phenoxy) is 1. The minimum absolute atomic E-state index is 0.0597. The number of carbonyl (C=O) groups excluding carboxylic acids is 1. The van der Waals surface area contributed by atoms with Crippen LogP contribution in [0.5, 0.6) is 0 Å². The molecule has 1 atom stereocenters. The van der Waals surface area contributed by atoms with Crippen LogP contribution in [0.15, 0.2) is 18.2 Å². The molecule has 1 aromatic rings. The standard InChI is InChI=1S/C17H23NO4/c1-11-4-3-5-12(2)15(11)16(19)18-10-14(17(20)21)13-6-8-22-9-7-13/h3-5,13-14H,6-10H2,1-2H3,(H,18,19)(H,20,21). The first-order chi connectivity index (χ1) is 10.5. The number of aryl methyl sites for hydroxylation is 2. The van der Waals surface area contributed by atoms with E-state index in [0.29, 0.717) is 18.8 Å². The molecule has 1 aromatic carbocycles. The summed E-state index contributed by atoms with van der Waals surface area (Å²) in [7, 11) is 0. The van der Waals surface area contributed by atoms with Gasteiger partial charge in [-0.2, -0.15) is 0 Å². The molecular formula is C17H23NO4. The highest BCUT2D eigenvalue weighted by Gasteiger charge is 2.30. The van der Waals surface area contributed by atoms with Crippen LogP contribution in [0.2, 0.25) is 0 Å². The molecule has 1 amide bonds. The molecule has 5 heteroatoms. The minimum atomic E-state index is -0.853. The van der Waals surface area contributed by atoms with Crippen molar-refractivity contribution < 1.29 is 19.4 Å². The van der Waals surface area contributed by atoms with Crippen molar-refractivity contribution in [2.24, 2.45) is 11.8 Å². The second kappa shape index (κ2) is 7.40. The first-order valence-corrected chi connectivity index (χ1v) is 7.65. The second-order valence-corrected chi connectivity index (χ2v) is 5.87. The Kier molecular flexibility index (Phi) is 5.55. The average Bonchev–Trinajstić information content (AvgIpc) is 2.48.